The molecule has 2 aromatic rings. The van der Waals surface area contributed by atoms with E-state index in [0.717, 1.165) is 29.2 Å². The molecule has 2 aromatic carbocycles. The highest BCUT2D eigenvalue weighted by atomic mass is 16.6. The van der Waals surface area contributed by atoms with Crippen molar-refractivity contribution in [2.45, 2.75) is 26.7 Å². The third kappa shape index (κ3) is 4.03. The summed E-state index contributed by atoms with van der Waals surface area (Å²) < 4.78 is 0. The Bertz CT molecular complexity index is 978. The molecule has 0 saturated carbocycles. The van der Waals surface area contributed by atoms with Crippen molar-refractivity contribution in [2.75, 3.05) is 6.54 Å². The van der Waals surface area contributed by atoms with Crippen molar-refractivity contribution in [3.05, 3.63) is 55.6 Å². The van der Waals surface area contributed by atoms with Gasteiger partial charge in [0.1, 0.15) is 0 Å². The number of benzene rings is 2. The number of nitro groups is 2. The SMILES string of the molecule is CC.O=C(O)CCCN1C(=O)c2cc([N+](=O)[O-])cc3cc([N+](=O)[O-])cc(c23)C1=O. The van der Waals surface area contributed by atoms with Gasteiger partial charge in [-0.15, -0.1) is 0 Å². The molecular formula is C18H17N3O8. The van der Waals surface area contributed by atoms with Crippen LogP contribution >= 0.6 is 0 Å². The number of nitro benzene ring substituents is 2. The summed E-state index contributed by atoms with van der Waals surface area (Å²) in [5.74, 6) is -2.72. The molecule has 152 valence electrons. The molecule has 1 heterocycles. The number of carboxylic acid groups (broad SMARTS) is 1. The van der Waals surface area contributed by atoms with Crippen molar-refractivity contribution in [2.24, 2.45) is 0 Å². The molecule has 0 aliphatic carbocycles. The zero-order chi connectivity index (χ0) is 21.9. The summed E-state index contributed by atoms with van der Waals surface area (Å²) in [6.07, 6.45) is -0.307. The Morgan fingerprint density at radius 2 is 1.41 bits per heavy atom. The fourth-order valence-corrected chi connectivity index (χ4v) is 3.01. The van der Waals surface area contributed by atoms with Gasteiger partial charge in [0, 0.05) is 42.6 Å². The number of carboxylic acids is 1. The van der Waals surface area contributed by atoms with Crippen LogP contribution in [0.25, 0.3) is 10.8 Å². The molecular weight excluding hydrogens is 386 g/mol. The quantitative estimate of drug-likeness (QED) is 0.437. The minimum atomic E-state index is -1.11. The first-order valence-electron chi connectivity index (χ1n) is 8.69. The van der Waals surface area contributed by atoms with Crippen molar-refractivity contribution in [3.63, 3.8) is 0 Å². The van der Waals surface area contributed by atoms with Crippen LogP contribution in [-0.2, 0) is 4.79 Å². The fraction of sp³-hybridized carbons (Fsp3) is 0.278. The maximum absolute atomic E-state index is 12.7. The van der Waals surface area contributed by atoms with E-state index in [2.05, 4.69) is 0 Å². The highest BCUT2D eigenvalue weighted by Gasteiger charge is 2.35. The number of nitrogens with zero attached hydrogens (tertiary/aromatic N) is 3. The number of non-ortho nitro benzene ring substituents is 2. The summed E-state index contributed by atoms with van der Waals surface area (Å²) in [7, 11) is 0. The minimum Gasteiger partial charge on any atom is -0.481 e. The lowest BCUT2D eigenvalue weighted by Crippen LogP contribution is -2.41. The van der Waals surface area contributed by atoms with Crippen molar-refractivity contribution in [1.29, 1.82) is 0 Å². The van der Waals surface area contributed by atoms with Crippen LogP contribution in [0.1, 0.15) is 47.4 Å². The van der Waals surface area contributed by atoms with Crippen LogP contribution in [0.4, 0.5) is 11.4 Å². The van der Waals surface area contributed by atoms with Gasteiger partial charge in [-0.1, -0.05) is 13.8 Å². The third-order valence-electron chi connectivity index (χ3n) is 4.16. The molecule has 3 rings (SSSR count). The maximum atomic E-state index is 12.7. The van der Waals surface area contributed by atoms with Crippen LogP contribution in [0, 0.1) is 20.2 Å². The van der Waals surface area contributed by atoms with E-state index in [0.29, 0.717) is 0 Å². The molecule has 11 heteroatoms. The molecule has 0 saturated heterocycles. The number of aliphatic carboxylic acids is 1. The summed E-state index contributed by atoms with van der Waals surface area (Å²) in [5, 5.41) is 31.2. The van der Waals surface area contributed by atoms with E-state index >= 15 is 0 Å². The van der Waals surface area contributed by atoms with Crippen molar-refractivity contribution in [1.82, 2.24) is 4.90 Å². The third-order valence-corrected chi connectivity index (χ3v) is 4.16. The van der Waals surface area contributed by atoms with Gasteiger partial charge in [0.2, 0.25) is 0 Å². The molecule has 0 atom stereocenters. The van der Waals surface area contributed by atoms with Crippen LogP contribution in [0.2, 0.25) is 0 Å². The Balaban J connectivity index is 0.00000145. The largest absolute Gasteiger partial charge is 0.481 e. The first kappa shape index (κ1) is 21.4. The summed E-state index contributed by atoms with van der Waals surface area (Å²) in [6, 6.07) is 4.15. The van der Waals surface area contributed by atoms with Crippen LogP contribution < -0.4 is 0 Å². The average Bonchev–Trinajstić information content (AvgIpc) is 2.68. The van der Waals surface area contributed by atoms with Crippen molar-refractivity contribution < 1.29 is 29.3 Å². The average molecular weight is 403 g/mol. The number of carbonyl (C=O) groups excluding carboxylic acids is 2. The second kappa shape index (κ2) is 8.42. The molecule has 0 aromatic heterocycles. The molecule has 0 fully saturated rings. The highest BCUT2D eigenvalue weighted by molar-refractivity contribution is 6.26. The summed E-state index contributed by atoms with van der Waals surface area (Å²) in [6.45, 7) is 3.77. The van der Waals surface area contributed by atoms with Gasteiger partial charge < -0.3 is 5.11 Å². The Kier molecular flexibility index (Phi) is 6.22. The van der Waals surface area contributed by atoms with Crippen molar-refractivity contribution >= 4 is 39.9 Å². The van der Waals surface area contributed by atoms with Gasteiger partial charge in [0.25, 0.3) is 23.2 Å². The second-order valence-electron chi connectivity index (χ2n) is 5.86. The molecule has 11 nitrogen and oxygen atoms in total. The number of carbonyl (C=O) groups is 3. The molecule has 1 N–H and O–H groups in total. The number of imide groups is 1. The van der Waals surface area contributed by atoms with Gasteiger partial charge in [-0.2, -0.15) is 0 Å². The Morgan fingerprint density at radius 3 is 1.79 bits per heavy atom. The van der Waals surface area contributed by atoms with E-state index in [4.69, 9.17) is 5.11 Å². The molecule has 1 aliphatic heterocycles. The number of amides is 2. The van der Waals surface area contributed by atoms with Gasteiger partial charge >= 0.3 is 5.97 Å². The van der Waals surface area contributed by atoms with Gasteiger partial charge in [0.15, 0.2) is 0 Å². The summed E-state index contributed by atoms with van der Waals surface area (Å²) in [4.78, 5) is 57.6. The van der Waals surface area contributed by atoms with E-state index in [1.807, 2.05) is 13.8 Å². The smallest absolute Gasteiger partial charge is 0.303 e. The van der Waals surface area contributed by atoms with E-state index in [1.165, 1.54) is 0 Å². The number of hydrogen-bond acceptors (Lipinski definition) is 7. The molecule has 0 radical (unpaired) electrons. The van der Waals surface area contributed by atoms with Gasteiger partial charge in [-0.05, 0) is 11.8 Å². The van der Waals surface area contributed by atoms with Crippen molar-refractivity contribution in [3.8, 4) is 0 Å². The topological polar surface area (TPSA) is 161 Å². The summed E-state index contributed by atoms with van der Waals surface area (Å²) in [5.41, 5.74) is -1.15. The second-order valence-corrected chi connectivity index (χ2v) is 5.86. The van der Waals surface area contributed by atoms with Gasteiger partial charge in [-0.3, -0.25) is 39.5 Å². The van der Waals surface area contributed by atoms with E-state index in [-0.39, 0.29) is 41.3 Å². The van der Waals surface area contributed by atoms with Crippen LogP contribution in [0.3, 0.4) is 0 Å². The molecule has 29 heavy (non-hydrogen) atoms. The Labute approximate surface area is 163 Å². The molecule has 0 bridgehead atoms. The Morgan fingerprint density at radius 1 is 0.966 bits per heavy atom. The zero-order valence-electron chi connectivity index (χ0n) is 15.6. The predicted octanol–water partition coefficient (Wildman–Crippen LogP) is 3.14. The minimum absolute atomic E-state index is 0.0187. The zero-order valence-corrected chi connectivity index (χ0v) is 15.6. The molecule has 2 amide bonds. The molecule has 1 aliphatic rings. The monoisotopic (exact) mass is 403 g/mol. The van der Waals surface area contributed by atoms with Crippen LogP contribution in [0.15, 0.2) is 24.3 Å². The standard InChI is InChI=1S/C16H11N3O8.C2H6/c20-13(21)2-1-3-17-15(22)11-6-9(18(24)25)4-8-5-10(19(26)27)7-12(14(8)11)16(17)23;1-2/h4-7H,1-3H2,(H,20,21);1-2H3. The molecule has 0 spiro atoms. The van der Waals surface area contributed by atoms with Gasteiger partial charge in [0.05, 0.1) is 21.0 Å². The van der Waals surface area contributed by atoms with E-state index in [9.17, 15) is 34.6 Å². The first-order chi connectivity index (χ1) is 13.7. The molecule has 0 unspecified atom stereocenters. The Hall–Kier alpha value is -3.89. The predicted molar refractivity (Wildman–Crippen MR) is 101 cm³/mol. The van der Waals surface area contributed by atoms with E-state index < -0.39 is 39.0 Å². The first-order valence-corrected chi connectivity index (χ1v) is 8.69. The van der Waals surface area contributed by atoms with Gasteiger partial charge in [-0.25, -0.2) is 0 Å². The lowest BCUT2D eigenvalue weighted by atomic mass is 9.92. The number of rotatable bonds is 6. The summed E-state index contributed by atoms with van der Waals surface area (Å²) >= 11 is 0. The van der Waals surface area contributed by atoms with E-state index in [1.54, 1.807) is 0 Å². The highest BCUT2D eigenvalue weighted by Crippen LogP contribution is 2.36. The lowest BCUT2D eigenvalue weighted by Gasteiger charge is -2.26. The fourth-order valence-electron chi connectivity index (χ4n) is 3.01. The maximum Gasteiger partial charge on any atom is 0.303 e. The van der Waals surface area contributed by atoms with Crippen LogP contribution in [0.5, 0.6) is 0 Å². The normalized spacial score (nSPS) is 12.4. The van der Waals surface area contributed by atoms with Crippen LogP contribution in [-0.4, -0.2) is 44.2 Å². The number of hydrogen-bond donors (Lipinski definition) is 1. The lowest BCUT2D eigenvalue weighted by molar-refractivity contribution is -0.385.